The Bertz CT molecular complexity index is 614. The molecule has 0 aromatic heterocycles. The molecule has 0 spiro atoms. The monoisotopic (exact) mass is 327 g/mol. The lowest BCUT2D eigenvalue weighted by molar-refractivity contribution is -0.128. The predicted octanol–water partition coefficient (Wildman–Crippen LogP) is 2.79. The summed E-state index contributed by atoms with van der Waals surface area (Å²) in [6.45, 7) is 3.84. The van der Waals surface area contributed by atoms with Crippen LogP contribution in [0.4, 0.5) is 0 Å². The third-order valence-corrected chi connectivity index (χ3v) is 4.06. The van der Waals surface area contributed by atoms with Gasteiger partial charge in [0, 0.05) is 11.6 Å². The van der Waals surface area contributed by atoms with E-state index in [1.54, 1.807) is 0 Å². The molecule has 2 rings (SSSR count). The molecule has 5 nitrogen and oxygen atoms in total. The van der Waals surface area contributed by atoms with Crippen LogP contribution in [0.1, 0.15) is 43.7 Å². The number of allylic oxidation sites excluding steroid dienone is 2. The highest BCUT2D eigenvalue weighted by Gasteiger charge is 2.18. The molecule has 1 aromatic carbocycles. The molecule has 24 heavy (non-hydrogen) atoms. The van der Waals surface area contributed by atoms with Crippen molar-refractivity contribution in [2.45, 2.75) is 45.6 Å². The maximum atomic E-state index is 12.1. The Kier molecular flexibility index (Phi) is 6.73. The first-order chi connectivity index (χ1) is 11.6. The maximum absolute atomic E-state index is 12.1. The molecule has 0 saturated heterocycles. The molecule has 1 aliphatic rings. The molecular weight excluding hydrogens is 302 g/mol. The summed E-state index contributed by atoms with van der Waals surface area (Å²) < 4.78 is 0. The molecule has 1 aromatic rings. The number of hydrogen-bond donors (Lipinski definition) is 1. The van der Waals surface area contributed by atoms with E-state index in [9.17, 15) is 9.59 Å². The molecule has 5 heteroatoms. The van der Waals surface area contributed by atoms with Gasteiger partial charge in [0.25, 0.3) is 0 Å². The Morgan fingerprint density at radius 1 is 1.29 bits per heavy atom. The van der Waals surface area contributed by atoms with Gasteiger partial charge in [-0.25, -0.2) is 5.01 Å². The van der Waals surface area contributed by atoms with E-state index in [1.807, 2.05) is 50.3 Å². The number of nitrogens with one attached hydrogen (secondary N) is 1. The Balaban J connectivity index is 2.07. The van der Waals surface area contributed by atoms with E-state index in [1.165, 1.54) is 0 Å². The zero-order valence-electron chi connectivity index (χ0n) is 14.4. The molecule has 1 saturated carbocycles. The van der Waals surface area contributed by atoms with E-state index in [-0.39, 0.29) is 18.5 Å². The van der Waals surface area contributed by atoms with Crippen LogP contribution in [-0.4, -0.2) is 35.6 Å². The van der Waals surface area contributed by atoms with Crippen LogP contribution < -0.4 is 5.32 Å². The number of carbonyl (C=O) groups excluding carboxylic acids is 2. The fourth-order valence-corrected chi connectivity index (χ4v) is 2.79. The van der Waals surface area contributed by atoms with E-state index in [4.69, 9.17) is 0 Å². The molecule has 0 bridgehead atoms. The van der Waals surface area contributed by atoms with E-state index in [2.05, 4.69) is 10.4 Å². The highest BCUT2D eigenvalue weighted by molar-refractivity contribution is 6.08. The summed E-state index contributed by atoms with van der Waals surface area (Å²) in [4.78, 5) is 23.4. The highest BCUT2D eigenvalue weighted by atomic mass is 16.2. The number of rotatable bonds is 7. The quantitative estimate of drug-likeness (QED) is 0.475. The summed E-state index contributed by atoms with van der Waals surface area (Å²) >= 11 is 0. The lowest BCUT2D eigenvalue weighted by atomic mass is 10.1. The minimum Gasteiger partial charge on any atom is -0.352 e. The van der Waals surface area contributed by atoms with Gasteiger partial charge in [0.05, 0.1) is 5.71 Å². The van der Waals surface area contributed by atoms with Crippen LogP contribution in [0.5, 0.6) is 0 Å². The summed E-state index contributed by atoms with van der Waals surface area (Å²) in [7, 11) is 0. The van der Waals surface area contributed by atoms with E-state index >= 15 is 0 Å². The fraction of sp³-hybridized carbons (Fsp3) is 0.421. The third kappa shape index (κ3) is 5.33. The molecule has 2 amide bonds. The van der Waals surface area contributed by atoms with Gasteiger partial charge < -0.3 is 5.32 Å². The molecule has 1 fully saturated rings. The number of benzene rings is 1. The molecule has 1 aliphatic carbocycles. The molecule has 0 heterocycles. The lowest BCUT2D eigenvalue weighted by Crippen LogP contribution is -2.39. The molecule has 0 atom stereocenters. The molecule has 0 aliphatic heterocycles. The first-order valence-electron chi connectivity index (χ1n) is 8.42. The van der Waals surface area contributed by atoms with Gasteiger partial charge >= 0.3 is 0 Å². The van der Waals surface area contributed by atoms with Gasteiger partial charge in [0.15, 0.2) is 0 Å². The Labute approximate surface area is 143 Å². The molecule has 128 valence electrons. The SMILES string of the molecule is C/C=C\C(=N/N(C=O)CC(=O)NC1CCCC1)c1ccc(C)cc1. The van der Waals surface area contributed by atoms with E-state index in [0.717, 1.165) is 41.8 Å². The minimum absolute atomic E-state index is 0.0626. The minimum atomic E-state index is -0.165. The second-order valence-electron chi connectivity index (χ2n) is 6.10. The van der Waals surface area contributed by atoms with E-state index in [0.29, 0.717) is 12.1 Å². The first kappa shape index (κ1) is 17.9. The van der Waals surface area contributed by atoms with Gasteiger partial charge in [0.1, 0.15) is 6.54 Å². The second-order valence-corrected chi connectivity index (χ2v) is 6.10. The van der Waals surface area contributed by atoms with Gasteiger partial charge in [-0.15, -0.1) is 0 Å². The average molecular weight is 327 g/mol. The fourth-order valence-electron chi connectivity index (χ4n) is 2.79. The Morgan fingerprint density at radius 3 is 2.54 bits per heavy atom. The standard InChI is InChI=1S/C19H25N3O2/c1-3-6-18(16-11-9-15(2)10-12-16)21-22(14-23)13-19(24)20-17-7-4-5-8-17/h3,6,9-12,14,17H,4-5,7-8,13H2,1-2H3,(H,20,24)/b6-3-,21-18+. The Hall–Kier alpha value is -2.43. The molecule has 0 unspecified atom stereocenters. The maximum Gasteiger partial charge on any atom is 0.242 e. The van der Waals surface area contributed by atoms with Gasteiger partial charge in [-0.1, -0.05) is 48.7 Å². The van der Waals surface area contributed by atoms with Gasteiger partial charge in [-0.05, 0) is 32.8 Å². The zero-order valence-corrected chi connectivity index (χ0v) is 14.4. The number of aryl methyl sites for hydroxylation is 1. The summed E-state index contributed by atoms with van der Waals surface area (Å²) in [6.07, 6.45) is 8.62. The van der Waals surface area contributed by atoms with Crippen LogP contribution in [0, 0.1) is 6.92 Å². The van der Waals surface area contributed by atoms with Crippen molar-refractivity contribution in [1.82, 2.24) is 10.3 Å². The van der Waals surface area contributed by atoms with Crippen LogP contribution >= 0.6 is 0 Å². The van der Waals surface area contributed by atoms with Crippen molar-refractivity contribution < 1.29 is 9.59 Å². The van der Waals surface area contributed by atoms with Crippen molar-refractivity contribution in [1.29, 1.82) is 0 Å². The van der Waals surface area contributed by atoms with Crippen molar-refractivity contribution in [3.8, 4) is 0 Å². The van der Waals surface area contributed by atoms with Gasteiger partial charge in [-0.3, -0.25) is 9.59 Å². The van der Waals surface area contributed by atoms with Gasteiger partial charge in [0.2, 0.25) is 12.3 Å². The molecule has 1 N–H and O–H groups in total. The molecular formula is C19H25N3O2. The number of hydrogen-bond acceptors (Lipinski definition) is 3. The predicted molar refractivity (Wildman–Crippen MR) is 95.7 cm³/mol. The number of carbonyl (C=O) groups is 2. The van der Waals surface area contributed by atoms with E-state index < -0.39 is 0 Å². The van der Waals surface area contributed by atoms with Crippen molar-refractivity contribution in [3.05, 3.63) is 47.5 Å². The second kappa shape index (κ2) is 9.01. The van der Waals surface area contributed by atoms with Crippen molar-refractivity contribution in [2.24, 2.45) is 5.10 Å². The lowest BCUT2D eigenvalue weighted by Gasteiger charge is -2.16. The normalized spacial score (nSPS) is 15.7. The number of amides is 2. The Morgan fingerprint density at radius 2 is 1.96 bits per heavy atom. The number of hydrazone groups is 1. The van der Waals surface area contributed by atoms with Crippen LogP contribution in [-0.2, 0) is 9.59 Å². The average Bonchev–Trinajstić information content (AvgIpc) is 3.07. The number of nitrogens with zero attached hydrogens (tertiary/aromatic N) is 2. The molecule has 0 radical (unpaired) electrons. The topological polar surface area (TPSA) is 61.8 Å². The third-order valence-electron chi connectivity index (χ3n) is 4.06. The summed E-state index contributed by atoms with van der Waals surface area (Å²) in [5, 5.41) is 8.45. The van der Waals surface area contributed by atoms with Crippen LogP contribution in [0.15, 0.2) is 41.5 Å². The summed E-state index contributed by atoms with van der Waals surface area (Å²) in [5.74, 6) is -0.165. The largest absolute Gasteiger partial charge is 0.352 e. The van der Waals surface area contributed by atoms with Crippen LogP contribution in [0.2, 0.25) is 0 Å². The first-order valence-corrected chi connectivity index (χ1v) is 8.42. The summed E-state index contributed by atoms with van der Waals surface area (Å²) in [6, 6.07) is 8.13. The highest BCUT2D eigenvalue weighted by Crippen LogP contribution is 2.17. The van der Waals surface area contributed by atoms with Crippen LogP contribution in [0.3, 0.4) is 0 Å². The van der Waals surface area contributed by atoms with Crippen molar-refractivity contribution >= 4 is 18.0 Å². The smallest absolute Gasteiger partial charge is 0.242 e. The van der Waals surface area contributed by atoms with Crippen molar-refractivity contribution in [3.63, 3.8) is 0 Å². The van der Waals surface area contributed by atoms with Crippen molar-refractivity contribution in [2.75, 3.05) is 6.54 Å². The van der Waals surface area contributed by atoms with Gasteiger partial charge in [-0.2, -0.15) is 5.10 Å². The van der Waals surface area contributed by atoms with Crippen LogP contribution in [0.25, 0.3) is 0 Å². The zero-order chi connectivity index (χ0) is 17.4. The summed E-state index contributed by atoms with van der Waals surface area (Å²) in [5.41, 5.74) is 2.71.